The van der Waals surface area contributed by atoms with Crippen molar-refractivity contribution in [1.29, 1.82) is 0 Å². The van der Waals surface area contributed by atoms with Gasteiger partial charge in [0.15, 0.2) is 0 Å². The fraction of sp³-hybridized carbons (Fsp3) is 0.200. The van der Waals surface area contributed by atoms with E-state index in [2.05, 4.69) is 41.7 Å². The predicted octanol–water partition coefficient (Wildman–Crippen LogP) is 1.89. The van der Waals surface area contributed by atoms with Crippen molar-refractivity contribution in [3.63, 3.8) is 0 Å². The van der Waals surface area contributed by atoms with Gasteiger partial charge >= 0.3 is 0 Å². The van der Waals surface area contributed by atoms with Crippen molar-refractivity contribution in [1.82, 2.24) is 5.32 Å². The molecule has 1 heteroatoms. The molecule has 1 unspecified atom stereocenters. The smallest absolute Gasteiger partial charge is 0.0509 e. The minimum absolute atomic E-state index is 0.441. The molecule has 0 spiro atoms. The van der Waals surface area contributed by atoms with E-state index in [-0.39, 0.29) is 0 Å². The van der Waals surface area contributed by atoms with Crippen LogP contribution in [0.3, 0.4) is 0 Å². The molecule has 0 radical (unpaired) electrons. The van der Waals surface area contributed by atoms with Crippen molar-refractivity contribution in [3.05, 3.63) is 48.0 Å². The summed E-state index contributed by atoms with van der Waals surface area (Å²) in [6, 6.07) is 10.9. The average molecular weight is 145 g/mol. The van der Waals surface area contributed by atoms with E-state index < -0.39 is 0 Å². The quantitative estimate of drug-likeness (QED) is 0.595. The van der Waals surface area contributed by atoms with Crippen LogP contribution in [0.5, 0.6) is 0 Å². The molecule has 0 fully saturated rings. The number of nitrogens with one attached hydrogen (secondary N) is 1. The summed E-state index contributed by atoms with van der Waals surface area (Å²) >= 11 is 0. The third kappa shape index (κ3) is 1.33. The molecule has 0 aliphatic carbocycles. The van der Waals surface area contributed by atoms with Gasteiger partial charge in [0.05, 0.1) is 6.04 Å². The van der Waals surface area contributed by atoms with Gasteiger partial charge in [-0.3, -0.25) is 0 Å². The normalized spacial score (nSPS) is 22.4. The predicted molar refractivity (Wildman–Crippen MR) is 46.3 cm³/mol. The second-order valence-corrected chi connectivity index (χ2v) is 2.72. The van der Waals surface area contributed by atoms with Crippen LogP contribution in [0.2, 0.25) is 0 Å². The maximum Gasteiger partial charge on any atom is 0.0509 e. The Hall–Kier alpha value is -1.08. The molecule has 0 bridgehead atoms. The molecule has 2 rings (SSSR count). The first-order chi connectivity index (χ1) is 5.47. The van der Waals surface area contributed by atoms with Crippen molar-refractivity contribution in [2.75, 3.05) is 6.54 Å². The van der Waals surface area contributed by atoms with E-state index >= 15 is 0 Å². The first-order valence-electron chi connectivity index (χ1n) is 3.92. The molecule has 11 heavy (non-hydrogen) atoms. The molecular weight excluding hydrogens is 134 g/mol. The third-order valence-corrected chi connectivity index (χ3v) is 1.94. The van der Waals surface area contributed by atoms with Gasteiger partial charge in [-0.15, -0.1) is 0 Å². The Morgan fingerprint density at radius 2 is 2.00 bits per heavy atom. The Kier molecular flexibility index (Phi) is 1.74. The SMILES string of the molecule is C1=CC(c2ccccc2)NC1. The Morgan fingerprint density at radius 1 is 1.18 bits per heavy atom. The zero-order valence-electron chi connectivity index (χ0n) is 6.33. The summed E-state index contributed by atoms with van der Waals surface area (Å²) in [5.74, 6) is 0. The van der Waals surface area contributed by atoms with Crippen LogP contribution >= 0.6 is 0 Å². The van der Waals surface area contributed by atoms with Gasteiger partial charge < -0.3 is 5.32 Å². The Bertz CT molecular complexity index is 251. The van der Waals surface area contributed by atoms with Crippen molar-refractivity contribution < 1.29 is 0 Å². The lowest BCUT2D eigenvalue weighted by atomic mass is 10.1. The molecule has 1 nitrogen and oxygen atoms in total. The minimum Gasteiger partial charge on any atom is -0.303 e. The molecule has 0 amide bonds. The van der Waals surface area contributed by atoms with Gasteiger partial charge in [-0.1, -0.05) is 42.5 Å². The lowest BCUT2D eigenvalue weighted by Gasteiger charge is -2.07. The van der Waals surface area contributed by atoms with Gasteiger partial charge in [-0.25, -0.2) is 0 Å². The number of hydrogen-bond acceptors (Lipinski definition) is 1. The molecule has 0 saturated carbocycles. The standard InChI is InChI=1S/C10H11N/c1-2-5-9(6-3-1)10-7-4-8-11-10/h1-7,10-11H,8H2. The highest BCUT2D eigenvalue weighted by Crippen LogP contribution is 2.16. The van der Waals surface area contributed by atoms with E-state index in [0.29, 0.717) is 6.04 Å². The number of hydrogen-bond donors (Lipinski definition) is 1. The fourth-order valence-electron chi connectivity index (χ4n) is 1.36. The van der Waals surface area contributed by atoms with Crippen LogP contribution in [-0.4, -0.2) is 6.54 Å². The van der Waals surface area contributed by atoms with E-state index in [1.807, 2.05) is 6.07 Å². The van der Waals surface area contributed by atoms with Crippen molar-refractivity contribution in [3.8, 4) is 0 Å². The molecule has 1 heterocycles. The van der Waals surface area contributed by atoms with Gasteiger partial charge in [0.1, 0.15) is 0 Å². The zero-order chi connectivity index (χ0) is 7.52. The van der Waals surface area contributed by atoms with E-state index in [9.17, 15) is 0 Å². The summed E-state index contributed by atoms with van der Waals surface area (Å²) < 4.78 is 0. The molecule has 1 aromatic rings. The van der Waals surface area contributed by atoms with Gasteiger partial charge in [-0.2, -0.15) is 0 Å². The van der Waals surface area contributed by atoms with Crippen LogP contribution in [0.1, 0.15) is 11.6 Å². The maximum atomic E-state index is 3.36. The van der Waals surface area contributed by atoms with Crippen LogP contribution in [0.25, 0.3) is 0 Å². The second kappa shape index (κ2) is 2.89. The molecule has 0 saturated heterocycles. The highest BCUT2D eigenvalue weighted by molar-refractivity contribution is 5.25. The largest absolute Gasteiger partial charge is 0.303 e. The van der Waals surface area contributed by atoms with Crippen molar-refractivity contribution in [2.45, 2.75) is 6.04 Å². The van der Waals surface area contributed by atoms with Gasteiger partial charge in [0.2, 0.25) is 0 Å². The Labute approximate surface area is 66.7 Å². The van der Waals surface area contributed by atoms with Crippen LogP contribution < -0.4 is 5.32 Å². The molecule has 1 aliphatic rings. The highest BCUT2D eigenvalue weighted by Gasteiger charge is 2.08. The number of benzene rings is 1. The van der Waals surface area contributed by atoms with Crippen LogP contribution in [0.4, 0.5) is 0 Å². The first-order valence-corrected chi connectivity index (χ1v) is 3.92. The second-order valence-electron chi connectivity index (χ2n) is 2.72. The Balaban J connectivity index is 2.23. The monoisotopic (exact) mass is 145 g/mol. The molecule has 1 aromatic carbocycles. The lowest BCUT2D eigenvalue weighted by Crippen LogP contribution is -2.13. The molecule has 1 atom stereocenters. The van der Waals surface area contributed by atoms with E-state index in [4.69, 9.17) is 0 Å². The van der Waals surface area contributed by atoms with E-state index in [0.717, 1.165) is 6.54 Å². The van der Waals surface area contributed by atoms with Crippen molar-refractivity contribution >= 4 is 0 Å². The average Bonchev–Trinajstić information content (AvgIpc) is 2.58. The van der Waals surface area contributed by atoms with Gasteiger partial charge in [0, 0.05) is 6.54 Å². The lowest BCUT2D eigenvalue weighted by molar-refractivity contribution is 0.713. The van der Waals surface area contributed by atoms with Gasteiger partial charge in [0.25, 0.3) is 0 Å². The third-order valence-electron chi connectivity index (χ3n) is 1.94. The highest BCUT2D eigenvalue weighted by atomic mass is 14.9. The van der Waals surface area contributed by atoms with Crippen LogP contribution in [0, 0.1) is 0 Å². The van der Waals surface area contributed by atoms with E-state index in [1.54, 1.807) is 0 Å². The van der Waals surface area contributed by atoms with Crippen LogP contribution in [-0.2, 0) is 0 Å². The Morgan fingerprint density at radius 3 is 2.64 bits per heavy atom. The number of rotatable bonds is 1. The molecule has 56 valence electrons. The summed E-state index contributed by atoms with van der Waals surface area (Å²) in [5, 5.41) is 3.36. The molecule has 0 aromatic heterocycles. The molecule has 1 N–H and O–H groups in total. The fourth-order valence-corrected chi connectivity index (χ4v) is 1.36. The molecular formula is C10H11N. The summed E-state index contributed by atoms with van der Waals surface area (Å²) in [7, 11) is 0. The van der Waals surface area contributed by atoms with Crippen molar-refractivity contribution in [2.24, 2.45) is 0 Å². The van der Waals surface area contributed by atoms with Gasteiger partial charge in [-0.05, 0) is 5.56 Å². The summed E-state index contributed by atoms with van der Waals surface area (Å²) in [6.07, 6.45) is 4.37. The van der Waals surface area contributed by atoms with E-state index in [1.165, 1.54) is 5.56 Å². The topological polar surface area (TPSA) is 12.0 Å². The van der Waals surface area contributed by atoms with Crippen LogP contribution in [0.15, 0.2) is 42.5 Å². The summed E-state index contributed by atoms with van der Waals surface area (Å²) in [6.45, 7) is 1.000. The molecule has 1 aliphatic heterocycles. The summed E-state index contributed by atoms with van der Waals surface area (Å²) in [4.78, 5) is 0. The summed E-state index contributed by atoms with van der Waals surface area (Å²) in [5.41, 5.74) is 1.35. The zero-order valence-corrected chi connectivity index (χ0v) is 6.33. The maximum absolute atomic E-state index is 3.36. The minimum atomic E-state index is 0.441. The first kappa shape index (κ1) is 6.62.